The number of aromatic nitrogens is 4. The molecule has 2 aromatic rings. The smallest absolute Gasteiger partial charge is 0.233 e. The normalized spacial score (nSPS) is 22.5. The molecule has 7 heteroatoms. The summed E-state index contributed by atoms with van der Waals surface area (Å²) < 4.78 is 1.74. The summed E-state index contributed by atoms with van der Waals surface area (Å²) in [5, 5.41) is 12.8. The zero-order valence-electron chi connectivity index (χ0n) is 16.1. The minimum Gasteiger partial charge on any atom is -0.342 e. The van der Waals surface area contributed by atoms with Crippen molar-refractivity contribution in [1.29, 1.82) is 0 Å². The molecule has 2 heterocycles. The fourth-order valence-corrected chi connectivity index (χ4v) is 5.29. The predicted molar refractivity (Wildman–Crippen MR) is 106 cm³/mol. The molecule has 0 spiro atoms. The van der Waals surface area contributed by atoms with Crippen molar-refractivity contribution >= 4 is 17.7 Å². The van der Waals surface area contributed by atoms with E-state index in [1.807, 2.05) is 6.07 Å². The van der Waals surface area contributed by atoms with Gasteiger partial charge in [0.15, 0.2) is 0 Å². The summed E-state index contributed by atoms with van der Waals surface area (Å²) in [5.74, 6) is 2.15. The minimum atomic E-state index is 0.208. The van der Waals surface area contributed by atoms with Gasteiger partial charge in [0, 0.05) is 13.1 Å². The number of thioether (sulfide) groups is 1. The van der Waals surface area contributed by atoms with Gasteiger partial charge in [-0.15, -0.1) is 5.10 Å². The van der Waals surface area contributed by atoms with E-state index in [1.165, 1.54) is 49.4 Å². The molecule has 1 saturated heterocycles. The van der Waals surface area contributed by atoms with Crippen LogP contribution in [0.1, 0.15) is 43.2 Å². The van der Waals surface area contributed by atoms with Crippen LogP contribution in [0.25, 0.3) is 5.69 Å². The molecule has 2 aliphatic rings. The van der Waals surface area contributed by atoms with E-state index in [9.17, 15) is 4.79 Å². The predicted octanol–water partition coefficient (Wildman–Crippen LogP) is 3.41. The number of tetrazole rings is 1. The molecule has 0 radical (unpaired) electrons. The fraction of sp³-hybridized carbons (Fsp3) is 0.600. The number of nitrogens with zero attached hydrogens (tertiary/aromatic N) is 5. The average molecular weight is 386 g/mol. The molecule has 1 saturated carbocycles. The molecule has 1 aliphatic carbocycles. The second-order valence-electron chi connectivity index (χ2n) is 7.88. The number of hydrogen-bond donors (Lipinski definition) is 0. The first-order valence-electron chi connectivity index (χ1n) is 9.88. The van der Waals surface area contributed by atoms with E-state index in [-0.39, 0.29) is 5.91 Å². The van der Waals surface area contributed by atoms with Gasteiger partial charge in [-0.05, 0) is 60.6 Å². The molecule has 1 aliphatic heterocycles. The van der Waals surface area contributed by atoms with E-state index in [0.717, 1.165) is 30.3 Å². The van der Waals surface area contributed by atoms with Gasteiger partial charge in [0.05, 0.1) is 11.4 Å². The number of carbonyl (C=O) groups is 1. The lowest BCUT2D eigenvalue weighted by atomic mass is 9.75. The van der Waals surface area contributed by atoms with Gasteiger partial charge in [0.1, 0.15) is 0 Å². The standard InChI is InChI=1S/C20H27N5OS/c1-14-7-8-18(15(2)11-14)25-20(21-22-23-25)27-13-19(26)24-10-9-16-5-3-4-6-17(16)12-24/h7-8,11,16-17H,3-6,9-10,12-13H2,1-2H3/t16-,17+/m0/s1. The maximum absolute atomic E-state index is 12.8. The first kappa shape index (κ1) is 18.5. The topological polar surface area (TPSA) is 63.9 Å². The highest BCUT2D eigenvalue weighted by molar-refractivity contribution is 7.99. The van der Waals surface area contributed by atoms with Gasteiger partial charge in [-0.1, -0.05) is 48.7 Å². The van der Waals surface area contributed by atoms with Crippen LogP contribution in [0.5, 0.6) is 0 Å². The Bertz CT molecular complexity index is 820. The van der Waals surface area contributed by atoms with Crippen molar-refractivity contribution in [3.05, 3.63) is 29.3 Å². The van der Waals surface area contributed by atoms with Crippen LogP contribution >= 0.6 is 11.8 Å². The van der Waals surface area contributed by atoms with E-state index in [4.69, 9.17) is 0 Å². The highest BCUT2D eigenvalue weighted by Crippen LogP contribution is 2.36. The molecule has 2 fully saturated rings. The fourth-order valence-electron chi connectivity index (χ4n) is 4.51. The first-order valence-corrected chi connectivity index (χ1v) is 10.9. The van der Waals surface area contributed by atoms with Crippen molar-refractivity contribution in [2.24, 2.45) is 11.8 Å². The minimum absolute atomic E-state index is 0.208. The molecule has 1 aromatic heterocycles. The summed E-state index contributed by atoms with van der Waals surface area (Å²) in [4.78, 5) is 14.8. The third-order valence-electron chi connectivity index (χ3n) is 5.99. The van der Waals surface area contributed by atoms with Crippen molar-refractivity contribution in [3.8, 4) is 5.69 Å². The summed E-state index contributed by atoms with van der Waals surface area (Å²) in [6.07, 6.45) is 6.49. The van der Waals surface area contributed by atoms with Crippen LogP contribution in [0.2, 0.25) is 0 Å². The number of aryl methyl sites for hydroxylation is 2. The quantitative estimate of drug-likeness (QED) is 0.755. The Morgan fingerprint density at radius 3 is 2.81 bits per heavy atom. The Morgan fingerprint density at radius 2 is 2.00 bits per heavy atom. The highest BCUT2D eigenvalue weighted by atomic mass is 32.2. The van der Waals surface area contributed by atoms with E-state index < -0.39 is 0 Å². The molecule has 144 valence electrons. The molecule has 1 amide bonds. The number of carbonyl (C=O) groups excluding carboxylic acids is 1. The summed E-state index contributed by atoms with van der Waals surface area (Å²) in [6, 6.07) is 6.20. The van der Waals surface area contributed by atoms with Gasteiger partial charge in [-0.2, -0.15) is 4.68 Å². The number of hydrogen-bond acceptors (Lipinski definition) is 5. The van der Waals surface area contributed by atoms with Crippen LogP contribution in [-0.2, 0) is 4.79 Å². The summed E-state index contributed by atoms with van der Waals surface area (Å²) >= 11 is 1.43. The molecule has 0 bridgehead atoms. The third-order valence-corrected chi connectivity index (χ3v) is 6.89. The van der Waals surface area contributed by atoms with Gasteiger partial charge >= 0.3 is 0 Å². The Labute approximate surface area is 164 Å². The molecule has 6 nitrogen and oxygen atoms in total. The number of amides is 1. The average Bonchev–Trinajstić information content (AvgIpc) is 3.14. The van der Waals surface area contributed by atoms with Crippen molar-refractivity contribution in [2.45, 2.75) is 51.1 Å². The summed E-state index contributed by atoms with van der Waals surface area (Å²) in [6.45, 7) is 5.97. The number of benzene rings is 1. The lowest BCUT2D eigenvalue weighted by Crippen LogP contribution is -2.45. The monoisotopic (exact) mass is 385 g/mol. The SMILES string of the molecule is Cc1ccc(-n2nnnc2SCC(=O)N2CC[C@@H]3CCCC[C@@H]3C2)c(C)c1. The maximum Gasteiger partial charge on any atom is 0.233 e. The van der Waals surface area contributed by atoms with Crippen LogP contribution < -0.4 is 0 Å². The van der Waals surface area contributed by atoms with Crippen LogP contribution in [0.15, 0.2) is 23.4 Å². The Hall–Kier alpha value is -1.89. The second kappa shape index (κ2) is 8.00. The highest BCUT2D eigenvalue weighted by Gasteiger charge is 2.32. The molecular weight excluding hydrogens is 358 g/mol. The molecule has 2 atom stereocenters. The van der Waals surface area contributed by atoms with Gasteiger partial charge < -0.3 is 4.90 Å². The van der Waals surface area contributed by atoms with Gasteiger partial charge in [0.25, 0.3) is 0 Å². The lowest BCUT2D eigenvalue weighted by Gasteiger charge is -2.41. The van der Waals surface area contributed by atoms with E-state index in [0.29, 0.717) is 16.8 Å². The molecule has 0 N–H and O–H groups in total. The Morgan fingerprint density at radius 1 is 1.19 bits per heavy atom. The number of fused-ring (bicyclic) bond motifs is 1. The van der Waals surface area contributed by atoms with Crippen LogP contribution in [0, 0.1) is 25.7 Å². The largest absolute Gasteiger partial charge is 0.342 e. The van der Waals surface area contributed by atoms with Gasteiger partial charge in [-0.3, -0.25) is 4.79 Å². The van der Waals surface area contributed by atoms with Crippen molar-refractivity contribution < 1.29 is 4.79 Å². The molecule has 1 aromatic carbocycles. The molecule has 4 rings (SSSR count). The van der Waals surface area contributed by atoms with Gasteiger partial charge in [-0.25, -0.2) is 0 Å². The zero-order chi connectivity index (χ0) is 18.8. The number of piperidine rings is 1. The van der Waals surface area contributed by atoms with E-state index in [2.05, 4.69) is 46.4 Å². The lowest BCUT2D eigenvalue weighted by molar-refractivity contribution is -0.131. The third kappa shape index (κ3) is 4.03. The molecule has 27 heavy (non-hydrogen) atoms. The zero-order valence-corrected chi connectivity index (χ0v) is 16.9. The summed E-state index contributed by atoms with van der Waals surface area (Å²) in [7, 11) is 0. The van der Waals surface area contributed by atoms with Crippen LogP contribution in [0.4, 0.5) is 0 Å². The van der Waals surface area contributed by atoms with Crippen LogP contribution in [-0.4, -0.2) is 49.9 Å². The summed E-state index contributed by atoms with van der Waals surface area (Å²) in [5.41, 5.74) is 3.29. The van der Waals surface area contributed by atoms with E-state index in [1.54, 1.807) is 4.68 Å². The second-order valence-corrected chi connectivity index (χ2v) is 8.83. The van der Waals surface area contributed by atoms with Crippen molar-refractivity contribution in [3.63, 3.8) is 0 Å². The molecule has 0 unspecified atom stereocenters. The van der Waals surface area contributed by atoms with E-state index >= 15 is 0 Å². The number of likely N-dealkylation sites (tertiary alicyclic amines) is 1. The first-order chi connectivity index (χ1) is 13.1. The van der Waals surface area contributed by atoms with Gasteiger partial charge in [0.2, 0.25) is 11.1 Å². The Kier molecular flexibility index (Phi) is 5.48. The Balaban J connectivity index is 1.39. The van der Waals surface area contributed by atoms with Crippen LogP contribution in [0.3, 0.4) is 0 Å². The maximum atomic E-state index is 12.8. The molecular formula is C20H27N5OS. The van der Waals surface area contributed by atoms with Crippen molar-refractivity contribution in [2.75, 3.05) is 18.8 Å². The van der Waals surface area contributed by atoms with Crippen molar-refractivity contribution in [1.82, 2.24) is 25.1 Å². The number of rotatable bonds is 4.